The Labute approximate surface area is 183 Å². The number of rotatable bonds is 2. The van der Waals surface area contributed by atoms with Crippen LogP contribution in [-0.4, -0.2) is 0 Å². The van der Waals surface area contributed by atoms with Crippen molar-refractivity contribution in [2.24, 2.45) is 7.05 Å². The van der Waals surface area contributed by atoms with Gasteiger partial charge in [0.25, 0.3) is 0 Å². The molecule has 2 heteroatoms. The Morgan fingerprint density at radius 1 is 0.871 bits per heavy atom. The first kappa shape index (κ1) is 18.6. The number of furan rings is 1. The number of benzene rings is 3. The summed E-state index contributed by atoms with van der Waals surface area (Å²) < 4.78 is 8.80. The molecule has 0 bridgehead atoms. The third-order valence-corrected chi connectivity index (χ3v) is 7.24. The molecule has 2 aromatic heterocycles. The summed E-state index contributed by atoms with van der Waals surface area (Å²) >= 11 is 0. The smallest absolute Gasteiger partial charge is 0.216 e. The van der Waals surface area contributed by atoms with Crippen molar-refractivity contribution in [3.63, 3.8) is 0 Å². The van der Waals surface area contributed by atoms with Crippen molar-refractivity contribution in [1.29, 1.82) is 0 Å². The summed E-state index contributed by atoms with van der Waals surface area (Å²) in [5, 5.41) is 4.94. The van der Waals surface area contributed by atoms with Gasteiger partial charge < -0.3 is 4.42 Å². The largest absolute Gasteiger partial charge is 0.455 e. The summed E-state index contributed by atoms with van der Waals surface area (Å²) in [7, 11) is 2.15. The lowest BCUT2D eigenvalue weighted by Gasteiger charge is -2.21. The molecule has 1 fully saturated rings. The Morgan fingerprint density at radius 3 is 2.58 bits per heavy atom. The Bertz CT molecular complexity index is 1440. The molecule has 2 nitrogen and oxygen atoms in total. The molecule has 0 unspecified atom stereocenters. The fourth-order valence-corrected chi connectivity index (χ4v) is 5.55. The average molecular weight is 407 g/mol. The second kappa shape index (κ2) is 7.23. The van der Waals surface area contributed by atoms with E-state index in [0.29, 0.717) is 5.92 Å². The van der Waals surface area contributed by atoms with Gasteiger partial charge >= 0.3 is 0 Å². The number of hydrogen-bond donors (Lipinski definition) is 0. The molecular formula is C29H28NO+. The minimum Gasteiger partial charge on any atom is -0.455 e. The SMILES string of the molecule is Cc1ccc2c(oc3ccc4ccccc4c32)c1-c1cc(C2CCCCC2)cc[n+]1C. The summed E-state index contributed by atoms with van der Waals surface area (Å²) in [6.45, 7) is 2.20. The van der Waals surface area contributed by atoms with Crippen LogP contribution in [0.25, 0.3) is 44.0 Å². The summed E-state index contributed by atoms with van der Waals surface area (Å²) in [5.74, 6) is 0.688. The van der Waals surface area contributed by atoms with Crippen LogP contribution in [-0.2, 0) is 7.05 Å². The zero-order valence-electron chi connectivity index (χ0n) is 18.3. The number of hydrogen-bond acceptors (Lipinski definition) is 1. The first-order chi connectivity index (χ1) is 15.2. The van der Waals surface area contributed by atoms with Crippen molar-refractivity contribution in [3.05, 3.63) is 78.0 Å². The van der Waals surface area contributed by atoms with Gasteiger partial charge in [-0.05, 0) is 53.6 Å². The van der Waals surface area contributed by atoms with E-state index >= 15 is 0 Å². The highest BCUT2D eigenvalue weighted by molar-refractivity contribution is 6.20. The Hall–Kier alpha value is -3.13. The summed E-state index contributed by atoms with van der Waals surface area (Å²) in [5.41, 5.74) is 7.17. The van der Waals surface area contributed by atoms with E-state index < -0.39 is 0 Å². The van der Waals surface area contributed by atoms with Crippen molar-refractivity contribution >= 4 is 32.7 Å². The van der Waals surface area contributed by atoms with Gasteiger partial charge in [0.2, 0.25) is 5.69 Å². The maximum absolute atomic E-state index is 6.55. The molecule has 1 aliphatic carbocycles. The highest BCUT2D eigenvalue weighted by Crippen LogP contribution is 2.41. The van der Waals surface area contributed by atoms with E-state index in [1.54, 1.807) is 0 Å². The number of aryl methyl sites for hydroxylation is 2. The third kappa shape index (κ3) is 2.96. The maximum Gasteiger partial charge on any atom is 0.216 e. The van der Waals surface area contributed by atoms with Gasteiger partial charge in [0.15, 0.2) is 6.20 Å². The predicted molar refractivity (Wildman–Crippen MR) is 128 cm³/mol. The predicted octanol–water partition coefficient (Wildman–Crippen LogP) is 7.59. The van der Waals surface area contributed by atoms with Crippen LogP contribution in [0, 0.1) is 6.92 Å². The van der Waals surface area contributed by atoms with E-state index in [9.17, 15) is 0 Å². The quantitative estimate of drug-likeness (QED) is 0.276. The lowest BCUT2D eigenvalue weighted by molar-refractivity contribution is -0.660. The van der Waals surface area contributed by atoms with E-state index in [2.05, 4.69) is 85.4 Å². The number of aromatic nitrogens is 1. The molecule has 31 heavy (non-hydrogen) atoms. The number of fused-ring (bicyclic) bond motifs is 5. The van der Waals surface area contributed by atoms with Crippen molar-refractivity contribution < 1.29 is 8.98 Å². The topological polar surface area (TPSA) is 17.0 Å². The zero-order chi connectivity index (χ0) is 20.9. The summed E-state index contributed by atoms with van der Waals surface area (Å²) in [4.78, 5) is 0. The molecule has 6 rings (SSSR count). The van der Waals surface area contributed by atoms with Crippen molar-refractivity contribution in [3.8, 4) is 11.3 Å². The molecule has 5 aromatic rings. The van der Waals surface area contributed by atoms with E-state index in [-0.39, 0.29) is 0 Å². The minimum atomic E-state index is 0.688. The molecule has 1 aliphatic rings. The standard InChI is InChI=1S/C29H28NO/c1-19-12-14-24-28-23-11-7-6-10-21(23)13-15-26(28)31-29(24)27(19)25-18-22(16-17-30(25)2)20-8-4-3-5-9-20/h6-7,10-18,20H,3-5,8-9H2,1-2H3/q+1. The lowest BCUT2D eigenvalue weighted by Crippen LogP contribution is -2.31. The molecule has 0 aliphatic heterocycles. The molecule has 154 valence electrons. The van der Waals surface area contributed by atoms with Crippen LogP contribution in [0.15, 0.2) is 71.3 Å². The third-order valence-electron chi connectivity index (χ3n) is 7.24. The van der Waals surface area contributed by atoms with Crippen LogP contribution >= 0.6 is 0 Å². The van der Waals surface area contributed by atoms with E-state index in [0.717, 1.165) is 11.2 Å². The average Bonchev–Trinajstić information content (AvgIpc) is 3.19. The minimum absolute atomic E-state index is 0.688. The fourth-order valence-electron chi connectivity index (χ4n) is 5.55. The first-order valence-corrected chi connectivity index (χ1v) is 11.5. The Balaban J connectivity index is 1.63. The molecule has 1 saturated carbocycles. The summed E-state index contributed by atoms with van der Waals surface area (Å²) in [6.07, 6.45) is 8.95. The normalized spacial score (nSPS) is 15.3. The highest BCUT2D eigenvalue weighted by Gasteiger charge is 2.24. The molecule has 0 radical (unpaired) electrons. The molecular weight excluding hydrogens is 378 g/mol. The van der Waals surface area contributed by atoms with Crippen LogP contribution in [0.5, 0.6) is 0 Å². The van der Waals surface area contributed by atoms with Crippen LogP contribution in [0.1, 0.15) is 49.1 Å². The van der Waals surface area contributed by atoms with Crippen molar-refractivity contribution in [2.75, 3.05) is 0 Å². The molecule has 2 heterocycles. The van der Waals surface area contributed by atoms with Crippen LogP contribution in [0.2, 0.25) is 0 Å². The second-order valence-electron chi connectivity index (χ2n) is 9.19. The van der Waals surface area contributed by atoms with Crippen LogP contribution in [0.3, 0.4) is 0 Å². The van der Waals surface area contributed by atoms with Gasteiger partial charge in [-0.15, -0.1) is 0 Å². The van der Waals surface area contributed by atoms with Gasteiger partial charge in [-0.25, -0.2) is 4.57 Å². The van der Waals surface area contributed by atoms with Crippen molar-refractivity contribution in [1.82, 2.24) is 0 Å². The number of nitrogens with zero attached hydrogens (tertiary/aromatic N) is 1. The monoisotopic (exact) mass is 406 g/mol. The van der Waals surface area contributed by atoms with E-state index in [1.165, 1.54) is 76.0 Å². The molecule has 3 aromatic carbocycles. The Kier molecular flexibility index (Phi) is 4.34. The van der Waals surface area contributed by atoms with Gasteiger partial charge in [0, 0.05) is 22.9 Å². The van der Waals surface area contributed by atoms with E-state index in [4.69, 9.17) is 4.42 Å². The first-order valence-electron chi connectivity index (χ1n) is 11.5. The number of pyridine rings is 1. The van der Waals surface area contributed by atoms with Crippen LogP contribution < -0.4 is 4.57 Å². The van der Waals surface area contributed by atoms with Crippen LogP contribution in [0.4, 0.5) is 0 Å². The van der Waals surface area contributed by atoms with Gasteiger partial charge in [0.1, 0.15) is 18.2 Å². The molecule has 0 atom stereocenters. The van der Waals surface area contributed by atoms with Gasteiger partial charge in [-0.3, -0.25) is 0 Å². The highest BCUT2D eigenvalue weighted by atomic mass is 16.3. The van der Waals surface area contributed by atoms with Gasteiger partial charge in [0.05, 0.1) is 5.56 Å². The zero-order valence-corrected chi connectivity index (χ0v) is 18.3. The van der Waals surface area contributed by atoms with Crippen molar-refractivity contribution in [2.45, 2.75) is 44.9 Å². The molecule has 0 N–H and O–H groups in total. The second-order valence-corrected chi connectivity index (χ2v) is 9.19. The molecule has 0 spiro atoms. The fraction of sp³-hybridized carbons (Fsp3) is 0.276. The lowest BCUT2D eigenvalue weighted by atomic mass is 9.84. The van der Waals surface area contributed by atoms with Gasteiger partial charge in [-0.2, -0.15) is 0 Å². The molecule has 0 saturated heterocycles. The van der Waals surface area contributed by atoms with E-state index in [1.807, 2.05) is 0 Å². The molecule has 0 amide bonds. The Morgan fingerprint density at radius 2 is 1.71 bits per heavy atom. The maximum atomic E-state index is 6.55. The summed E-state index contributed by atoms with van der Waals surface area (Å²) in [6, 6.07) is 22.1. The van der Waals surface area contributed by atoms with Gasteiger partial charge in [-0.1, -0.05) is 61.7 Å².